The van der Waals surface area contributed by atoms with Gasteiger partial charge in [-0.25, -0.2) is 0 Å². The molecule has 1 unspecified atom stereocenters. The lowest BCUT2D eigenvalue weighted by Gasteiger charge is -2.34. The average molecular weight is 267 g/mol. The van der Waals surface area contributed by atoms with Gasteiger partial charge in [0.25, 0.3) is 5.69 Å². The summed E-state index contributed by atoms with van der Waals surface area (Å²) in [5.41, 5.74) is 6.45. The molecule has 1 aliphatic heterocycles. The zero-order valence-electron chi connectivity index (χ0n) is 10.5. The minimum atomic E-state index is -0.484. The Morgan fingerprint density at radius 3 is 3.05 bits per heavy atom. The monoisotopic (exact) mass is 267 g/mol. The third-order valence-electron chi connectivity index (χ3n) is 3.24. The predicted molar refractivity (Wildman–Crippen MR) is 69.6 cm³/mol. The summed E-state index contributed by atoms with van der Waals surface area (Å²) < 4.78 is 5.29. The summed E-state index contributed by atoms with van der Waals surface area (Å²) in [5.74, 6) is 0. The third-order valence-corrected chi connectivity index (χ3v) is 3.24. The molecule has 1 aliphatic rings. The van der Waals surface area contributed by atoms with Crippen LogP contribution < -0.4 is 5.73 Å². The first-order valence-corrected chi connectivity index (χ1v) is 6.07. The molecule has 7 nitrogen and oxygen atoms in total. The lowest BCUT2D eigenvalue weighted by molar-refractivity contribution is -0.384. The summed E-state index contributed by atoms with van der Waals surface area (Å²) in [6.45, 7) is 2.33. The Morgan fingerprint density at radius 2 is 2.37 bits per heavy atom. The van der Waals surface area contributed by atoms with Crippen LogP contribution >= 0.6 is 0 Å². The van der Waals surface area contributed by atoms with Crippen molar-refractivity contribution in [2.24, 2.45) is 0 Å². The maximum absolute atomic E-state index is 10.8. The number of nitrogens with zero attached hydrogens (tertiary/aromatic N) is 2. The van der Waals surface area contributed by atoms with Gasteiger partial charge in [-0.05, 0) is 11.6 Å². The molecule has 1 atom stereocenters. The van der Waals surface area contributed by atoms with Crippen molar-refractivity contribution in [2.45, 2.75) is 12.6 Å². The smallest absolute Gasteiger partial charge is 0.292 e. The highest BCUT2D eigenvalue weighted by Crippen LogP contribution is 2.23. The number of ether oxygens (including phenoxy) is 1. The Kier molecular flexibility index (Phi) is 4.31. The molecule has 1 heterocycles. The molecular weight excluding hydrogens is 250 g/mol. The molecule has 1 aromatic carbocycles. The van der Waals surface area contributed by atoms with Crippen LogP contribution in [0, 0.1) is 10.1 Å². The Balaban J connectivity index is 2.14. The van der Waals surface area contributed by atoms with Crippen LogP contribution in [0.3, 0.4) is 0 Å². The standard InChI is InChI=1S/C12H17N3O4/c13-11-2-1-9(5-12(11)15(17)18)6-14-3-4-19-8-10(14)7-16/h1-2,5,10,16H,3-4,6-8,13H2. The van der Waals surface area contributed by atoms with Crippen molar-refractivity contribution in [3.8, 4) is 0 Å². The van der Waals surface area contributed by atoms with Crippen LogP contribution in [0.25, 0.3) is 0 Å². The molecule has 0 spiro atoms. The minimum Gasteiger partial charge on any atom is -0.395 e. The number of nitrogen functional groups attached to an aromatic ring is 1. The first-order valence-electron chi connectivity index (χ1n) is 6.07. The number of aliphatic hydroxyl groups is 1. The van der Waals surface area contributed by atoms with Gasteiger partial charge in [-0.1, -0.05) is 6.07 Å². The van der Waals surface area contributed by atoms with Crippen molar-refractivity contribution >= 4 is 11.4 Å². The summed E-state index contributed by atoms with van der Waals surface area (Å²) in [5, 5.41) is 20.1. The summed E-state index contributed by atoms with van der Waals surface area (Å²) in [6, 6.07) is 4.73. The Morgan fingerprint density at radius 1 is 1.58 bits per heavy atom. The van der Waals surface area contributed by atoms with Gasteiger partial charge in [-0.15, -0.1) is 0 Å². The molecule has 1 saturated heterocycles. The zero-order valence-corrected chi connectivity index (χ0v) is 10.5. The zero-order chi connectivity index (χ0) is 13.8. The van der Waals surface area contributed by atoms with Crippen molar-refractivity contribution in [3.05, 3.63) is 33.9 Å². The number of nitro groups is 1. The van der Waals surface area contributed by atoms with E-state index in [0.29, 0.717) is 26.3 Å². The quantitative estimate of drug-likeness (QED) is 0.464. The summed E-state index contributed by atoms with van der Waals surface area (Å²) in [6.07, 6.45) is 0. The van der Waals surface area contributed by atoms with Crippen LogP contribution in [0.1, 0.15) is 5.56 Å². The molecular formula is C12H17N3O4. The van der Waals surface area contributed by atoms with Crippen LogP contribution in [0.15, 0.2) is 18.2 Å². The Bertz CT molecular complexity index is 466. The third kappa shape index (κ3) is 3.19. The predicted octanol–water partition coefficient (Wildman–Crippen LogP) is 0.370. The van der Waals surface area contributed by atoms with E-state index in [2.05, 4.69) is 4.90 Å². The number of nitro benzene ring substituents is 1. The summed E-state index contributed by atoms with van der Waals surface area (Å²) in [4.78, 5) is 12.4. The highest BCUT2D eigenvalue weighted by molar-refractivity contribution is 5.59. The van der Waals surface area contributed by atoms with Crippen molar-refractivity contribution in [2.75, 3.05) is 32.1 Å². The Labute approximate surface area is 110 Å². The molecule has 104 valence electrons. The first-order chi connectivity index (χ1) is 9.11. The molecule has 0 radical (unpaired) electrons. The maximum Gasteiger partial charge on any atom is 0.292 e. The number of anilines is 1. The molecule has 0 aromatic heterocycles. The number of hydrogen-bond acceptors (Lipinski definition) is 6. The second-order valence-corrected chi connectivity index (χ2v) is 4.53. The van der Waals surface area contributed by atoms with Crippen LogP contribution in [0.5, 0.6) is 0 Å². The molecule has 0 aliphatic carbocycles. The first kappa shape index (κ1) is 13.7. The normalized spacial score (nSPS) is 20.4. The van der Waals surface area contributed by atoms with Crippen LogP contribution in [0.2, 0.25) is 0 Å². The fourth-order valence-corrected chi connectivity index (χ4v) is 2.15. The van der Waals surface area contributed by atoms with E-state index >= 15 is 0 Å². The van der Waals surface area contributed by atoms with Gasteiger partial charge in [0.15, 0.2) is 0 Å². The molecule has 7 heteroatoms. The van der Waals surface area contributed by atoms with Crippen molar-refractivity contribution in [3.63, 3.8) is 0 Å². The van der Waals surface area contributed by atoms with Gasteiger partial charge in [0, 0.05) is 19.2 Å². The average Bonchev–Trinajstić information content (AvgIpc) is 2.41. The summed E-state index contributed by atoms with van der Waals surface area (Å²) in [7, 11) is 0. The lowest BCUT2D eigenvalue weighted by atomic mass is 10.1. The van der Waals surface area contributed by atoms with Gasteiger partial charge < -0.3 is 15.6 Å². The van der Waals surface area contributed by atoms with E-state index in [1.165, 1.54) is 6.07 Å². The second kappa shape index (κ2) is 5.96. The topological polar surface area (TPSA) is 102 Å². The van der Waals surface area contributed by atoms with Crippen molar-refractivity contribution < 1.29 is 14.8 Å². The number of nitrogens with two attached hydrogens (primary N) is 1. The highest BCUT2D eigenvalue weighted by Gasteiger charge is 2.23. The van der Waals surface area contributed by atoms with Crippen LogP contribution in [-0.2, 0) is 11.3 Å². The van der Waals surface area contributed by atoms with Crippen LogP contribution in [-0.4, -0.2) is 47.3 Å². The van der Waals surface area contributed by atoms with E-state index in [0.717, 1.165) is 5.56 Å². The number of morpholine rings is 1. The molecule has 1 aromatic rings. The maximum atomic E-state index is 10.8. The fourth-order valence-electron chi connectivity index (χ4n) is 2.15. The molecule has 2 rings (SSSR count). The van der Waals surface area contributed by atoms with Crippen LogP contribution in [0.4, 0.5) is 11.4 Å². The van der Waals surface area contributed by atoms with Gasteiger partial charge >= 0.3 is 0 Å². The van der Waals surface area contributed by atoms with E-state index in [4.69, 9.17) is 10.5 Å². The lowest BCUT2D eigenvalue weighted by Crippen LogP contribution is -2.46. The SMILES string of the molecule is Nc1ccc(CN2CCOCC2CO)cc1[N+](=O)[O-]. The highest BCUT2D eigenvalue weighted by atomic mass is 16.6. The van der Waals surface area contributed by atoms with Gasteiger partial charge in [0.05, 0.1) is 30.8 Å². The van der Waals surface area contributed by atoms with Gasteiger partial charge in [0.1, 0.15) is 5.69 Å². The number of hydrogen-bond donors (Lipinski definition) is 2. The Hall–Kier alpha value is -1.70. The number of rotatable bonds is 4. The van der Waals surface area contributed by atoms with Crippen molar-refractivity contribution in [1.29, 1.82) is 0 Å². The second-order valence-electron chi connectivity index (χ2n) is 4.53. The molecule has 19 heavy (non-hydrogen) atoms. The largest absolute Gasteiger partial charge is 0.395 e. The fraction of sp³-hybridized carbons (Fsp3) is 0.500. The van der Waals surface area contributed by atoms with E-state index in [1.54, 1.807) is 12.1 Å². The van der Waals surface area contributed by atoms with E-state index < -0.39 is 4.92 Å². The molecule has 0 saturated carbocycles. The molecule has 1 fully saturated rings. The van der Waals surface area contributed by atoms with Crippen molar-refractivity contribution in [1.82, 2.24) is 4.90 Å². The molecule has 3 N–H and O–H groups in total. The van der Waals surface area contributed by atoms with Gasteiger partial charge in [0.2, 0.25) is 0 Å². The van der Waals surface area contributed by atoms with E-state index in [-0.39, 0.29) is 24.0 Å². The number of aliphatic hydroxyl groups excluding tert-OH is 1. The minimum absolute atomic E-state index is 0.0110. The van der Waals surface area contributed by atoms with Gasteiger partial charge in [-0.3, -0.25) is 15.0 Å². The summed E-state index contributed by atoms with van der Waals surface area (Å²) >= 11 is 0. The van der Waals surface area contributed by atoms with E-state index in [1.807, 2.05) is 0 Å². The van der Waals surface area contributed by atoms with Gasteiger partial charge in [-0.2, -0.15) is 0 Å². The molecule has 0 amide bonds. The molecule has 0 bridgehead atoms. The number of benzene rings is 1. The van der Waals surface area contributed by atoms with E-state index in [9.17, 15) is 15.2 Å².